The summed E-state index contributed by atoms with van der Waals surface area (Å²) < 4.78 is 1.78. The van der Waals surface area contributed by atoms with Crippen molar-refractivity contribution in [1.82, 2.24) is 29.8 Å². The van der Waals surface area contributed by atoms with Gasteiger partial charge in [-0.15, -0.1) is 10.2 Å². The molecule has 150 valence electrons. The first-order valence-corrected chi connectivity index (χ1v) is 9.65. The van der Waals surface area contributed by atoms with Gasteiger partial charge in [-0.2, -0.15) is 14.7 Å². The number of hydrazone groups is 1. The van der Waals surface area contributed by atoms with Gasteiger partial charge in [0.05, 0.1) is 16.6 Å². The maximum atomic E-state index is 11.3. The Morgan fingerprint density at radius 3 is 2.80 bits per heavy atom. The van der Waals surface area contributed by atoms with Crippen LogP contribution in [-0.2, 0) is 5.41 Å². The average Bonchev–Trinajstić information content (AvgIpc) is 3.45. The second-order valence-corrected chi connectivity index (χ2v) is 7.55. The Morgan fingerprint density at radius 1 is 1.20 bits per heavy atom. The molecule has 1 fully saturated rings. The molecule has 0 spiro atoms. The SMILES string of the molecule is CC(=NN(C)C(N)=O)c1ccc2nnc(C3(c4ccc5ncccc5c4)CC3)n2n1. The number of pyridine rings is 1. The average molecular weight is 400 g/mol. The number of hydrogen-bond donors (Lipinski definition) is 1. The second kappa shape index (κ2) is 6.58. The molecule has 2 N–H and O–H groups in total. The predicted molar refractivity (Wildman–Crippen MR) is 112 cm³/mol. The molecule has 0 atom stereocenters. The second-order valence-electron chi connectivity index (χ2n) is 7.55. The van der Waals surface area contributed by atoms with Gasteiger partial charge in [-0.05, 0) is 55.7 Å². The minimum absolute atomic E-state index is 0.218. The Bertz CT molecular complexity index is 1320. The first-order valence-electron chi connectivity index (χ1n) is 9.65. The zero-order chi connectivity index (χ0) is 20.9. The van der Waals surface area contributed by atoms with Gasteiger partial charge in [-0.25, -0.2) is 9.80 Å². The molecule has 9 nitrogen and oxygen atoms in total. The van der Waals surface area contributed by atoms with E-state index in [1.165, 1.54) is 12.6 Å². The van der Waals surface area contributed by atoms with Gasteiger partial charge in [0.2, 0.25) is 0 Å². The lowest BCUT2D eigenvalue weighted by atomic mass is 9.94. The number of rotatable bonds is 4. The van der Waals surface area contributed by atoms with Gasteiger partial charge in [0.25, 0.3) is 0 Å². The monoisotopic (exact) mass is 400 g/mol. The highest BCUT2D eigenvalue weighted by molar-refractivity contribution is 5.97. The van der Waals surface area contributed by atoms with Crippen molar-refractivity contribution >= 4 is 28.3 Å². The normalized spacial score (nSPS) is 15.5. The zero-order valence-electron chi connectivity index (χ0n) is 16.6. The van der Waals surface area contributed by atoms with Crippen LogP contribution in [0.5, 0.6) is 0 Å². The number of amides is 2. The highest BCUT2D eigenvalue weighted by atomic mass is 16.2. The fraction of sp³-hybridized carbons (Fsp3) is 0.238. The summed E-state index contributed by atoms with van der Waals surface area (Å²) in [5, 5.41) is 19.9. The molecule has 1 aliphatic carbocycles. The first-order chi connectivity index (χ1) is 14.5. The minimum atomic E-state index is -0.636. The molecule has 0 radical (unpaired) electrons. The van der Waals surface area contributed by atoms with E-state index in [4.69, 9.17) is 10.8 Å². The van der Waals surface area contributed by atoms with Gasteiger partial charge in [0.1, 0.15) is 5.69 Å². The molecule has 0 bridgehead atoms. The number of nitrogens with two attached hydrogens (primary N) is 1. The third-order valence-corrected chi connectivity index (χ3v) is 5.59. The standard InChI is InChI=1S/C21H20N8O/c1-13(26-28(2)20(22)30)16-7-8-18-24-25-19(29(18)27-16)21(9-10-21)15-5-6-17-14(12-15)4-3-11-23-17/h3-8,11-12H,9-10H2,1-2H3,(H2,22,30). The zero-order valence-corrected chi connectivity index (χ0v) is 16.6. The summed E-state index contributed by atoms with van der Waals surface area (Å²) in [7, 11) is 1.50. The van der Waals surface area contributed by atoms with Crippen LogP contribution >= 0.6 is 0 Å². The lowest BCUT2D eigenvalue weighted by Gasteiger charge is -2.15. The van der Waals surface area contributed by atoms with Crippen molar-refractivity contribution in [3.05, 3.63) is 65.7 Å². The first kappa shape index (κ1) is 18.2. The molecule has 30 heavy (non-hydrogen) atoms. The summed E-state index contributed by atoms with van der Waals surface area (Å²) in [6.45, 7) is 1.78. The highest BCUT2D eigenvalue weighted by Crippen LogP contribution is 2.53. The van der Waals surface area contributed by atoms with Gasteiger partial charge in [-0.1, -0.05) is 12.1 Å². The van der Waals surface area contributed by atoms with E-state index < -0.39 is 6.03 Å². The van der Waals surface area contributed by atoms with Crippen LogP contribution in [0.3, 0.4) is 0 Å². The van der Waals surface area contributed by atoms with E-state index in [0.29, 0.717) is 17.1 Å². The van der Waals surface area contributed by atoms with Gasteiger partial charge in [-0.3, -0.25) is 4.98 Å². The maximum absolute atomic E-state index is 11.3. The summed E-state index contributed by atoms with van der Waals surface area (Å²) in [5.74, 6) is 0.804. The summed E-state index contributed by atoms with van der Waals surface area (Å²) in [6, 6.07) is 13.4. The van der Waals surface area contributed by atoms with Crippen LogP contribution in [0.2, 0.25) is 0 Å². The van der Waals surface area contributed by atoms with E-state index in [1.54, 1.807) is 17.6 Å². The van der Waals surface area contributed by atoms with Crippen molar-refractivity contribution in [3.63, 3.8) is 0 Å². The van der Waals surface area contributed by atoms with Crippen LogP contribution in [0.4, 0.5) is 4.79 Å². The lowest BCUT2D eigenvalue weighted by molar-refractivity contribution is 0.220. The topological polar surface area (TPSA) is 115 Å². The van der Waals surface area contributed by atoms with Crippen LogP contribution in [-0.4, -0.2) is 48.6 Å². The number of primary amides is 1. The smallest absolute Gasteiger partial charge is 0.334 e. The van der Waals surface area contributed by atoms with Crippen molar-refractivity contribution in [1.29, 1.82) is 0 Å². The number of hydrogen-bond acceptors (Lipinski definition) is 6. The number of urea groups is 1. The lowest BCUT2D eigenvalue weighted by Crippen LogP contribution is -2.28. The van der Waals surface area contributed by atoms with Crippen LogP contribution in [0.1, 0.15) is 36.8 Å². The molecular formula is C21H20N8O. The Kier molecular flexibility index (Phi) is 3.99. The van der Waals surface area contributed by atoms with Crippen molar-refractivity contribution < 1.29 is 4.79 Å². The number of carbonyl (C=O) groups is 1. The van der Waals surface area contributed by atoms with Gasteiger partial charge in [0, 0.05) is 18.6 Å². The van der Waals surface area contributed by atoms with E-state index in [2.05, 4.69) is 38.5 Å². The van der Waals surface area contributed by atoms with E-state index in [1.807, 2.05) is 24.3 Å². The number of fused-ring (bicyclic) bond motifs is 2. The summed E-state index contributed by atoms with van der Waals surface area (Å²) >= 11 is 0. The summed E-state index contributed by atoms with van der Waals surface area (Å²) in [4.78, 5) is 15.7. The van der Waals surface area contributed by atoms with Crippen molar-refractivity contribution in [2.45, 2.75) is 25.2 Å². The molecule has 3 heterocycles. The van der Waals surface area contributed by atoms with E-state index in [0.717, 1.165) is 34.6 Å². The van der Waals surface area contributed by atoms with E-state index >= 15 is 0 Å². The maximum Gasteiger partial charge on any atom is 0.334 e. The largest absolute Gasteiger partial charge is 0.350 e. The molecule has 1 aromatic carbocycles. The van der Waals surface area contributed by atoms with Crippen molar-refractivity contribution in [3.8, 4) is 0 Å². The van der Waals surface area contributed by atoms with E-state index in [9.17, 15) is 4.79 Å². The van der Waals surface area contributed by atoms with Crippen LogP contribution in [0.15, 0.2) is 53.8 Å². The molecule has 0 saturated heterocycles. The molecular weight excluding hydrogens is 380 g/mol. The van der Waals surface area contributed by atoms with Crippen LogP contribution in [0.25, 0.3) is 16.6 Å². The number of aromatic nitrogens is 5. The molecule has 1 aliphatic rings. The van der Waals surface area contributed by atoms with Crippen LogP contribution < -0.4 is 5.73 Å². The molecule has 0 unspecified atom stereocenters. The molecule has 5 rings (SSSR count). The van der Waals surface area contributed by atoms with Crippen molar-refractivity contribution in [2.24, 2.45) is 10.8 Å². The molecule has 0 aliphatic heterocycles. The minimum Gasteiger partial charge on any atom is -0.350 e. The summed E-state index contributed by atoms with van der Waals surface area (Å²) in [6.07, 6.45) is 3.75. The van der Waals surface area contributed by atoms with E-state index in [-0.39, 0.29) is 5.41 Å². The third kappa shape index (κ3) is 2.86. The Balaban J connectivity index is 1.59. The van der Waals surface area contributed by atoms with Gasteiger partial charge >= 0.3 is 6.03 Å². The molecule has 1 saturated carbocycles. The van der Waals surface area contributed by atoms with Crippen LogP contribution in [0, 0.1) is 0 Å². The molecule has 3 aromatic heterocycles. The highest BCUT2D eigenvalue weighted by Gasteiger charge is 2.50. The fourth-order valence-electron chi connectivity index (χ4n) is 3.75. The number of benzene rings is 1. The predicted octanol–water partition coefficient (Wildman–Crippen LogP) is 2.49. The fourth-order valence-corrected chi connectivity index (χ4v) is 3.75. The third-order valence-electron chi connectivity index (χ3n) is 5.59. The molecule has 2 amide bonds. The number of nitrogens with zero attached hydrogens (tertiary/aromatic N) is 7. The van der Waals surface area contributed by atoms with Gasteiger partial charge < -0.3 is 5.73 Å². The summed E-state index contributed by atoms with van der Waals surface area (Å²) in [5.41, 5.74) is 9.05. The number of carbonyl (C=O) groups excluding carboxylic acids is 1. The Labute approximate surface area is 172 Å². The Hall–Kier alpha value is -3.88. The Morgan fingerprint density at radius 2 is 2.03 bits per heavy atom. The van der Waals surface area contributed by atoms with Gasteiger partial charge in [0.15, 0.2) is 11.5 Å². The molecule has 9 heteroatoms. The van der Waals surface area contributed by atoms with Crippen molar-refractivity contribution in [2.75, 3.05) is 7.05 Å². The quantitative estimate of drug-likeness (QED) is 0.417. The molecule has 4 aromatic rings.